The Hall–Kier alpha value is -2.56. The van der Waals surface area contributed by atoms with Gasteiger partial charge in [0.2, 0.25) is 5.91 Å². The quantitative estimate of drug-likeness (QED) is 0.694. The molecule has 0 saturated heterocycles. The van der Waals surface area contributed by atoms with Gasteiger partial charge in [0.05, 0.1) is 10.8 Å². The van der Waals surface area contributed by atoms with Crippen molar-refractivity contribution in [2.24, 2.45) is 0 Å². The lowest BCUT2D eigenvalue weighted by Crippen LogP contribution is -2.29. The molecular weight excluding hydrogens is 361 g/mol. The van der Waals surface area contributed by atoms with E-state index in [9.17, 15) is 27.6 Å². The fourth-order valence-corrected chi connectivity index (χ4v) is 2.70. The summed E-state index contributed by atoms with van der Waals surface area (Å²) in [5.41, 5.74) is -2.12. The van der Waals surface area contributed by atoms with Crippen molar-refractivity contribution < 1.29 is 18.0 Å². The van der Waals surface area contributed by atoms with Gasteiger partial charge >= 0.3 is 11.9 Å². The first-order valence-corrected chi connectivity index (χ1v) is 7.92. The Labute approximate surface area is 143 Å². The number of halogens is 3. The van der Waals surface area contributed by atoms with Gasteiger partial charge in [0, 0.05) is 5.69 Å². The van der Waals surface area contributed by atoms with Crippen LogP contribution in [0.25, 0.3) is 0 Å². The number of amides is 1. The molecule has 11 heteroatoms. The number of rotatable bonds is 5. The number of carbonyl (C=O) groups excluding carboxylic acids is 1. The van der Waals surface area contributed by atoms with Gasteiger partial charge in [-0.15, -0.1) is 0 Å². The van der Waals surface area contributed by atoms with Gasteiger partial charge in [-0.25, -0.2) is 9.89 Å². The van der Waals surface area contributed by atoms with E-state index in [4.69, 9.17) is 0 Å². The minimum Gasteiger partial charge on any atom is -0.325 e. The predicted molar refractivity (Wildman–Crippen MR) is 85.5 cm³/mol. The van der Waals surface area contributed by atoms with E-state index in [-0.39, 0.29) is 10.7 Å². The molecule has 0 aliphatic rings. The summed E-state index contributed by atoms with van der Waals surface area (Å²) in [7, 11) is 0. The first-order chi connectivity index (χ1) is 11.7. The smallest absolute Gasteiger partial charge is 0.325 e. The third kappa shape index (κ3) is 4.95. The van der Waals surface area contributed by atoms with Crippen LogP contribution in [0.2, 0.25) is 0 Å². The lowest BCUT2D eigenvalue weighted by atomic mass is 10.2. The molecular formula is C14H13F3N4O3S. The monoisotopic (exact) mass is 374 g/mol. The van der Waals surface area contributed by atoms with Crippen LogP contribution in [0, 0.1) is 0 Å². The second-order valence-corrected chi connectivity index (χ2v) is 6.08. The highest BCUT2D eigenvalue weighted by molar-refractivity contribution is 8.00. The Morgan fingerprint density at radius 3 is 2.44 bits per heavy atom. The Morgan fingerprint density at radius 1 is 1.28 bits per heavy atom. The van der Waals surface area contributed by atoms with Crippen molar-refractivity contribution in [2.45, 2.75) is 29.8 Å². The summed E-state index contributed by atoms with van der Waals surface area (Å²) in [6.45, 7) is 1.70. The second kappa shape index (κ2) is 7.55. The Bertz CT molecular complexity index is 861. The van der Waals surface area contributed by atoms with Crippen LogP contribution < -0.4 is 16.6 Å². The minimum atomic E-state index is -4.46. The SMILES string of the molecule is CCC(Sc1n[nH]c(=O)[nH]c1=O)C(=O)Nc1ccc(C(F)(F)F)cc1. The van der Waals surface area contributed by atoms with Crippen molar-refractivity contribution in [3.63, 3.8) is 0 Å². The molecule has 2 aromatic rings. The van der Waals surface area contributed by atoms with E-state index in [1.54, 1.807) is 6.92 Å². The number of alkyl halides is 3. The molecule has 2 rings (SSSR count). The van der Waals surface area contributed by atoms with Crippen LogP contribution >= 0.6 is 11.8 Å². The molecule has 0 fully saturated rings. The van der Waals surface area contributed by atoms with E-state index in [2.05, 4.69) is 15.5 Å². The number of benzene rings is 1. The number of anilines is 1. The molecule has 0 bridgehead atoms. The molecule has 3 N–H and O–H groups in total. The van der Waals surface area contributed by atoms with E-state index in [0.717, 1.165) is 36.0 Å². The van der Waals surface area contributed by atoms with Crippen molar-refractivity contribution in [2.75, 3.05) is 5.32 Å². The van der Waals surface area contributed by atoms with Gasteiger partial charge in [-0.3, -0.25) is 14.6 Å². The average Bonchev–Trinajstić information content (AvgIpc) is 2.53. The number of H-pyrrole nitrogens is 2. The number of thioether (sulfide) groups is 1. The molecule has 0 spiro atoms. The third-order valence-corrected chi connectivity index (χ3v) is 4.41. The predicted octanol–water partition coefficient (Wildman–Crippen LogP) is 1.99. The summed E-state index contributed by atoms with van der Waals surface area (Å²) in [5, 5.41) is 7.30. The molecule has 1 atom stereocenters. The molecule has 1 aromatic carbocycles. The molecule has 134 valence electrons. The molecule has 0 radical (unpaired) electrons. The van der Waals surface area contributed by atoms with Gasteiger partial charge in [-0.2, -0.15) is 18.3 Å². The molecule has 1 heterocycles. The van der Waals surface area contributed by atoms with E-state index in [1.807, 2.05) is 4.98 Å². The highest BCUT2D eigenvalue weighted by Crippen LogP contribution is 2.30. The summed E-state index contributed by atoms with van der Waals surface area (Å²) < 4.78 is 37.6. The van der Waals surface area contributed by atoms with Gasteiger partial charge in [-0.1, -0.05) is 18.7 Å². The summed E-state index contributed by atoms with van der Waals surface area (Å²) >= 11 is 0.842. The van der Waals surface area contributed by atoms with Crippen LogP contribution in [0.15, 0.2) is 38.9 Å². The summed E-state index contributed by atoms with van der Waals surface area (Å²) in [6, 6.07) is 4.00. The van der Waals surface area contributed by atoms with E-state index in [1.165, 1.54) is 0 Å². The number of carbonyl (C=O) groups is 1. The van der Waals surface area contributed by atoms with Crippen LogP contribution in [0.5, 0.6) is 0 Å². The van der Waals surface area contributed by atoms with Crippen LogP contribution in [-0.2, 0) is 11.0 Å². The zero-order chi connectivity index (χ0) is 18.6. The Morgan fingerprint density at radius 2 is 1.92 bits per heavy atom. The molecule has 1 amide bonds. The number of hydrogen-bond acceptors (Lipinski definition) is 5. The van der Waals surface area contributed by atoms with Crippen molar-refractivity contribution >= 4 is 23.4 Å². The number of nitrogens with one attached hydrogen (secondary N) is 3. The zero-order valence-corrected chi connectivity index (χ0v) is 13.6. The molecule has 25 heavy (non-hydrogen) atoms. The maximum Gasteiger partial charge on any atom is 0.416 e. The first-order valence-electron chi connectivity index (χ1n) is 7.04. The van der Waals surface area contributed by atoms with Crippen molar-refractivity contribution in [1.82, 2.24) is 15.2 Å². The lowest BCUT2D eigenvalue weighted by molar-refractivity contribution is -0.137. The number of aromatic amines is 2. The van der Waals surface area contributed by atoms with Gasteiger partial charge in [0.1, 0.15) is 0 Å². The molecule has 1 aromatic heterocycles. The van der Waals surface area contributed by atoms with E-state index in [0.29, 0.717) is 6.42 Å². The average molecular weight is 374 g/mol. The third-order valence-electron chi connectivity index (χ3n) is 3.08. The van der Waals surface area contributed by atoms with Gasteiger partial charge in [0.25, 0.3) is 5.56 Å². The first kappa shape index (κ1) is 18.8. The van der Waals surface area contributed by atoms with Crippen molar-refractivity contribution in [3.05, 3.63) is 50.7 Å². The molecule has 0 saturated carbocycles. The fraction of sp³-hybridized carbons (Fsp3) is 0.286. The summed E-state index contributed by atoms with van der Waals surface area (Å²) in [4.78, 5) is 36.8. The molecule has 0 aliphatic carbocycles. The van der Waals surface area contributed by atoms with Gasteiger partial charge in [-0.05, 0) is 30.7 Å². The maximum atomic E-state index is 12.5. The number of hydrogen-bond donors (Lipinski definition) is 3. The number of aromatic nitrogens is 3. The maximum absolute atomic E-state index is 12.5. The largest absolute Gasteiger partial charge is 0.416 e. The molecule has 7 nitrogen and oxygen atoms in total. The van der Waals surface area contributed by atoms with Crippen LogP contribution in [0.3, 0.4) is 0 Å². The highest BCUT2D eigenvalue weighted by Gasteiger charge is 2.30. The fourth-order valence-electron chi connectivity index (χ4n) is 1.84. The normalized spacial score (nSPS) is 12.6. The minimum absolute atomic E-state index is 0.0889. The summed E-state index contributed by atoms with van der Waals surface area (Å²) in [5.74, 6) is -0.500. The Kier molecular flexibility index (Phi) is 5.67. The molecule has 0 aliphatic heterocycles. The van der Waals surface area contributed by atoms with E-state index < -0.39 is 34.1 Å². The summed E-state index contributed by atoms with van der Waals surface area (Å²) in [6.07, 6.45) is -4.13. The van der Waals surface area contributed by atoms with Gasteiger partial charge < -0.3 is 5.32 Å². The van der Waals surface area contributed by atoms with Crippen LogP contribution in [0.1, 0.15) is 18.9 Å². The molecule has 1 unspecified atom stereocenters. The lowest BCUT2D eigenvalue weighted by Gasteiger charge is -2.14. The Balaban J connectivity index is 2.09. The van der Waals surface area contributed by atoms with Gasteiger partial charge in [0.15, 0.2) is 5.03 Å². The van der Waals surface area contributed by atoms with Crippen LogP contribution in [0.4, 0.5) is 18.9 Å². The van der Waals surface area contributed by atoms with Crippen molar-refractivity contribution in [1.29, 1.82) is 0 Å². The van der Waals surface area contributed by atoms with Crippen molar-refractivity contribution in [3.8, 4) is 0 Å². The number of nitrogens with zero attached hydrogens (tertiary/aromatic N) is 1. The topological polar surface area (TPSA) is 108 Å². The highest BCUT2D eigenvalue weighted by atomic mass is 32.2. The van der Waals surface area contributed by atoms with Crippen LogP contribution in [-0.4, -0.2) is 26.3 Å². The zero-order valence-electron chi connectivity index (χ0n) is 12.8. The van der Waals surface area contributed by atoms with E-state index >= 15 is 0 Å². The standard InChI is InChI=1S/C14H13F3N4O3S/c1-2-9(25-12-11(23)19-13(24)21-20-12)10(22)18-8-5-3-7(4-6-8)14(15,16)17/h3-6,9H,2H2,1H3,(H,18,22)(H2,19,21,23,24). The second-order valence-electron chi connectivity index (χ2n) is 4.89.